The Bertz CT molecular complexity index is 519. The summed E-state index contributed by atoms with van der Waals surface area (Å²) in [6, 6.07) is 3.51. The highest BCUT2D eigenvalue weighted by Crippen LogP contribution is 2.10. The summed E-state index contributed by atoms with van der Waals surface area (Å²) in [7, 11) is 0. The minimum absolute atomic E-state index is 0.0730. The Labute approximate surface area is 92.3 Å². The quantitative estimate of drug-likeness (QED) is 0.784. The number of nitrogens with zero attached hydrogens (tertiary/aromatic N) is 2. The monoisotopic (exact) mass is 220 g/mol. The van der Waals surface area contributed by atoms with E-state index in [0.29, 0.717) is 17.9 Å². The molecule has 0 bridgehead atoms. The van der Waals surface area contributed by atoms with Crippen LogP contribution in [-0.4, -0.2) is 27.1 Å². The topological polar surface area (TPSA) is 63.8 Å². The van der Waals surface area contributed by atoms with Crippen molar-refractivity contribution in [2.45, 2.75) is 13.5 Å². The molecule has 2 heterocycles. The van der Waals surface area contributed by atoms with Crippen molar-refractivity contribution in [3.8, 4) is 0 Å². The van der Waals surface area contributed by atoms with Crippen LogP contribution in [0, 0.1) is 0 Å². The van der Waals surface area contributed by atoms with E-state index in [4.69, 9.17) is 9.84 Å². The van der Waals surface area contributed by atoms with Crippen molar-refractivity contribution in [2.24, 2.45) is 0 Å². The smallest absolute Gasteiger partial charge is 0.356 e. The van der Waals surface area contributed by atoms with Gasteiger partial charge in [-0.3, -0.25) is 4.40 Å². The molecule has 0 saturated heterocycles. The van der Waals surface area contributed by atoms with Gasteiger partial charge in [0, 0.05) is 6.20 Å². The molecule has 0 spiro atoms. The van der Waals surface area contributed by atoms with Crippen LogP contribution < -0.4 is 0 Å². The maximum atomic E-state index is 11.6. The Morgan fingerprint density at radius 1 is 1.56 bits per heavy atom. The lowest BCUT2D eigenvalue weighted by Crippen LogP contribution is -2.08. The zero-order chi connectivity index (χ0) is 11.5. The van der Waals surface area contributed by atoms with Crippen LogP contribution in [0.2, 0.25) is 0 Å². The molecule has 0 radical (unpaired) electrons. The summed E-state index contributed by atoms with van der Waals surface area (Å²) in [4.78, 5) is 15.7. The average molecular weight is 220 g/mol. The second kappa shape index (κ2) is 4.32. The summed E-state index contributed by atoms with van der Waals surface area (Å²) in [6.45, 7) is 2.00. The number of hydrogen-bond donors (Lipinski definition) is 1. The number of rotatable bonds is 3. The molecule has 0 aromatic carbocycles. The molecular formula is C11H12N2O3. The Morgan fingerprint density at radius 3 is 3.06 bits per heavy atom. The number of aliphatic hydroxyl groups excluding tert-OH is 1. The Hall–Kier alpha value is -1.88. The summed E-state index contributed by atoms with van der Waals surface area (Å²) >= 11 is 0. The molecule has 2 rings (SSSR count). The molecule has 0 amide bonds. The van der Waals surface area contributed by atoms with Gasteiger partial charge in [0.2, 0.25) is 0 Å². The standard InChI is InChI=1S/C11H12N2O3/c1-2-16-11(15)9-5-12-10-4-3-8(7-14)6-13(9)10/h3-6,14H,2,7H2,1H3. The van der Waals surface area contributed by atoms with Gasteiger partial charge in [-0.1, -0.05) is 6.07 Å². The third kappa shape index (κ3) is 1.77. The Morgan fingerprint density at radius 2 is 2.38 bits per heavy atom. The summed E-state index contributed by atoms with van der Waals surface area (Å²) in [5.74, 6) is -0.412. The van der Waals surface area contributed by atoms with Gasteiger partial charge in [0.1, 0.15) is 5.65 Å². The lowest BCUT2D eigenvalue weighted by molar-refractivity contribution is 0.0518. The zero-order valence-electron chi connectivity index (χ0n) is 8.88. The number of carbonyl (C=O) groups excluding carboxylic acids is 1. The van der Waals surface area contributed by atoms with Crippen LogP contribution in [0.5, 0.6) is 0 Å². The third-order valence-electron chi connectivity index (χ3n) is 2.23. The van der Waals surface area contributed by atoms with E-state index in [2.05, 4.69) is 4.98 Å². The highest BCUT2D eigenvalue weighted by atomic mass is 16.5. The van der Waals surface area contributed by atoms with Crippen molar-refractivity contribution in [3.63, 3.8) is 0 Å². The predicted octanol–water partition coefficient (Wildman–Crippen LogP) is 1.00. The van der Waals surface area contributed by atoms with Crippen LogP contribution in [0.1, 0.15) is 23.0 Å². The first-order valence-electron chi connectivity index (χ1n) is 5.00. The molecule has 0 fully saturated rings. The van der Waals surface area contributed by atoms with E-state index < -0.39 is 5.97 Å². The molecule has 2 aromatic heterocycles. The molecule has 0 aliphatic heterocycles. The molecule has 0 saturated carbocycles. The molecule has 1 N–H and O–H groups in total. The number of imidazole rings is 1. The Balaban J connectivity index is 2.49. The molecular weight excluding hydrogens is 208 g/mol. The van der Waals surface area contributed by atoms with E-state index in [1.165, 1.54) is 6.20 Å². The number of aliphatic hydroxyl groups is 1. The van der Waals surface area contributed by atoms with E-state index in [1.807, 2.05) is 0 Å². The van der Waals surface area contributed by atoms with E-state index in [0.717, 1.165) is 5.56 Å². The van der Waals surface area contributed by atoms with Gasteiger partial charge in [-0.25, -0.2) is 9.78 Å². The van der Waals surface area contributed by atoms with E-state index in [9.17, 15) is 4.79 Å². The highest BCUT2D eigenvalue weighted by molar-refractivity contribution is 5.88. The number of carbonyl (C=O) groups is 1. The largest absolute Gasteiger partial charge is 0.461 e. The fourth-order valence-electron chi connectivity index (χ4n) is 1.47. The highest BCUT2D eigenvalue weighted by Gasteiger charge is 2.12. The fourth-order valence-corrected chi connectivity index (χ4v) is 1.47. The van der Waals surface area contributed by atoms with Crippen LogP contribution in [-0.2, 0) is 11.3 Å². The number of ether oxygens (including phenoxy) is 1. The number of esters is 1. The van der Waals surface area contributed by atoms with Gasteiger partial charge < -0.3 is 9.84 Å². The number of aromatic nitrogens is 2. The van der Waals surface area contributed by atoms with E-state index in [-0.39, 0.29) is 6.61 Å². The fraction of sp³-hybridized carbons (Fsp3) is 0.273. The van der Waals surface area contributed by atoms with Crippen molar-refractivity contribution in [2.75, 3.05) is 6.61 Å². The molecule has 84 valence electrons. The van der Waals surface area contributed by atoms with Gasteiger partial charge in [-0.2, -0.15) is 0 Å². The first kappa shape index (κ1) is 10.6. The molecule has 5 nitrogen and oxygen atoms in total. The van der Waals surface area contributed by atoms with Gasteiger partial charge in [0.15, 0.2) is 5.69 Å². The molecule has 2 aromatic rings. The molecule has 0 atom stereocenters. The average Bonchev–Trinajstić information content (AvgIpc) is 2.71. The molecule has 5 heteroatoms. The Kier molecular flexibility index (Phi) is 2.87. The van der Waals surface area contributed by atoms with Crippen molar-refractivity contribution < 1.29 is 14.6 Å². The van der Waals surface area contributed by atoms with Gasteiger partial charge in [-0.05, 0) is 18.6 Å². The van der Waals surface area contributed by atoms with Gasteiger partial charge in [-0.15, -0.1) is 0 Å². The first-order chi connectivity index (χ1) is 7.76. The third-order valence-corrected chi connectivity index (χ3v) is 2.23. The maximum absolute atomic E-state index is 11.6. The number of fused-ring (bicyclic) bond motifs is 1. The lowest BCUT2D eigenvalue weighted by atomic mass is 10.3. The zero-order valence-corrected chi connectivity index (χ0v) is 8.88. The van der Waals surface area contributed by atoms with Gasteiger partial charge in [0.05, 0.1) is 19.4 Å². The summed E-state index contributed by atoms with van der Waals surface area (Å²) in [5, 5.41) is 9.02. The summed E-state index contributed by atoms with van der Waals surface area (Å²) in [6.07, 6.45) is 3.14. The molecule has 16 heavy (non-hydrogen) atoms. The minimum Gasteiger partial charge on any atom is -0.461 e. The minimum atomic E-state index is -0.412. The summed E-state index contributed by atoms with van der Waals surface area (Å²) < 4.78 is 6.52. The van der Waals surface area contributed by atoms with Crippen LogP contribution in [0.3, 0.4) is 0 Å². The lowest BCUT2D eigenvalue weighted by Gasteiger charge is -2.03. The molecule has 0 aliphatic carbocycles. The van der Waals surface area contributed by atoms with Crippen LogP contribution >= 0.6 is 0 Å². The first-order valence-corrected chi connectivity index (χ1v) is 5.00. The van der Waals surface area contributed by atoms with E-state index in [1.54, 1.807) is 29.7 Å². The van der Waals surface area contributed by atoms with Crippen molar-refractivity contribution in [3.05, 3.63) is 35.8 Å². The van der Waals surface area contributed by atoms with Gasteiger partial charge >= 0.3 is 5.97 Å². The molecule has 0 aliphatic rings. The SMILES string of the molecule is CCOC(=O)c1cnc2ccc(CO)cn12. The number of pyridine rings is 1. The number of hydrogen-bond acceptors (Lipinski definition) is 4. The predicted molar refractivity (Wildman–Crippen MR) is 57.1 cm³/mol. The van der Waals surface area contributed by atoms with Gasteiger partial charge in [0.25, 0.3) is 0 Å². The summed E-state index contributed by atoms with van der Waals surface area (Å²) in [5.41, 5.74) is 1.74. The maximum Gasteiger partial charge on any atom is 0.356 e. The van der Waals surface area contributed by atoms with Crippen LogP contribution in [0.25, 0.3) is 5.65 Å². The normalized spacial score (nSPS) is 10.6. The second-order valence-electron chi connectivity index (χ2n) is 3.29. The van der Waals surface area contributed by atoms with Crippen molar-refractivity contribution in [1.82, 2.24) is 9.38 Å². The van der Waals surface area contributed by atoms with Crippen molar-refractivity contribution in [1.29, 1.82) is 0 Å². The second-order valence-corrected chi connectivity index (χ2v) is 3.29. The van der Waals surface area contributed by atoms with Crippen LogP contribution in [0.15, 0.2) is 24.5 Å². The van der Waals surface area contributed by atoms with E-state index >= 15 is 0 Å². The molecule has 0 unspecified atom stereocenters. The van der Waals surface area contributed by atoms with Crippen molar-refractivity contribution >= 4 is 11.6 Å². The van der Waals surface area contributed by atoms with Crippen LogP contribution in [0.4, 0.5) is 0 Å².